The Bertz CT molecular complexity index is 866. The van der Waals surface area contributed by atoms with Crippen LogP contribution in [0.25, 0.3) is 23.2 Å². The van der Waals surface area contributed by atoms with E-state index in [1.54, 1.807) is 23.9 Å². The van der Waals surface area contributed by atoms with E-state index in [0.29, 0.717) is 16.9 Å². The van der Waals surface area contributed by atoms with E-state index in [0.717, 1.165) is 11.1 Å². The van der Waals surface area contributed by atoms with Crippen molar-refractivity contribution in [1.29, 1.82) is 0 Å². The molecule has 1 N–H and O–H groups in total. The zero-order valence-corrected chi connectivity index (χ0v) is 13.7. The Hall–Kier alpha value is -2.53. The van der Waals surface area contributed by atoms with E-state index in [9.17, 15) is 4.79 Å². The average molecular weight is 324 g/mol. The molecule has 1 heterocycles. The Labute approximate surface area is 138 Å². The standard InChI is InChI=1S/C18H16N2O2S/c1-22-18(21)14-4-3-5-15-17(14)20-16(19-15)11-8-12-6-9-13(23-2)10-7-12/h3-11H,1-2H3,(H,19,20)/b11-8+. The Morgan fingerprint density at radius 2 is 1.96 bits per heavy atom. The van der Waals surface area contributed by atoms with Gasteiger partial charge in [-0.1, -0.05) is 24.3 Å². The molecule has 0 aliphatic rings. The third-order valence-electron chi connectivity index (χ3n) is 3.49. The van der Waals surface area contributed by atoms with Crippen molar-refractivity contribution < 1.29 is 9.53 Å². The van der Waals surface area contributed by atoms with Gasteiger partial charge in [0.2, 0.25) is 0 Å². The quantitative estimate of drug-likeness (QED) is 0.576. The smallest absolute Gasteiger partial charge is 0.340 e. The minimum absolute atomic E-state index is 0.384. The molecule has 5 heteroatoms. The lowest BCUT2D eigenvalue weighted by atomic mass is 10.2. The lowest BCUT2D eigenvalue weighted by Gasteiger charge is -1.98. The first kappa shape index (κ1) is 15.4. The predicted molar refractivity (Wildman–Crippen MR) is 94.6 cm³/mol. The second-order valence-electron chi connectivity index (χ2n) is 4.92. The maximum absolute atomic E-state index is 11.8. The topological polar surface area (TPSA) is 55.0 Å². The fraction of sp³-hybridized carbons (Fsp3) is 0.111. The number of nitrogens with one attached hydrogen (secondary N) is 1. The number of thioether (sulfide) groups is 1. The second-order valence-corrected chi connectivity index (χ2v) is 5.80. The normalized spacial score (nSPS) is 11.2. The van der Waals surface area contributed by atoms with Gasteiger partial charge in [-0.15, -0.1) is 11.8 Å². The van der Waals surface area contributed by atoms with Crippen molar-refractivity contribution in [3.63, 3.8) is 0 Å². The largest absolute Gasteiger partial charge is 0.465 e. The molecular weight excluding hydrogens is 308 g/mol. The van der Waals surface area contributed by atoms with Gasteiger partial charge in [0.15, 0.2) is 0 Å². The number of para-hydroxylation sites is 1. The fourth-order valence-corrected chi connectivity index (χ4v) is 2.70. The van der Waals surface area contributed by atoms with Crippen LogP contribution in [0, 0.1) is 0 Å². The number of benzene rings is 2. The Morgan fingerprint density at radius 3 is 2.65 bits per heavy atom. The minimum atomic E-state index is -0.384. The molecule has 0 spiro atoms. The summed E-state index contributed by atoms with van der Waals surface area (Å²) in [7, 11) is 1.37. The van der Waals surface area contributed by atoms with Gasteiger partial charge in [-0.05, 0) is 42.2 Å². The summed E-state index contributed by atoms with van der Waals surface area (Å²) in [6.45, 7) is 0. The number of H-pyrrole nitrogens is 1. The predicted octanol–water partition coefficient (Wildman–Crippen LogP) is 4.24. The number of hydrogen-bond acceptors (Lipinski definition) is 4. The van der Waals surface area contributed by atoms with Crippen LogP contribution in [-0.2, 0) is 4.74 Å². The fourth-order valence-electron chi connectivity index (χ4n) is 2.30. The number of ether oxygens (including phenoxy) is 1. The molecule has 3 rings (SSSR count). The second kappa shape index (κ2) is 6.71. The maximum atomic E-state index is 11.8. The summed E-state index contributed by atoms with van der Waals surface area (Å²) in [6, 6.07) is 13.7. The molecule has 0 amide bonds. The monoisotopic (exact) mass is 324 g/mol. The molecule has 2 aromatic carbocycles. The third-order valence-corrected chi connectivity index (χ3v) is 4.23. The molecule has 0 atom stereocenters. The number of carbonyl (C=O) groups excluding carboxylic acids is 1. The highest BCUT2D eigenvalue weighted by molar-refractivity contribution is 7.98. The first-order valence-corrected chi connectivity index (χ1v) is 8.33. The number of imidazole rings is 1. The number of carbonyl (C=O) groups is 1. The Kier molecular flexibility index (Phi) is 4.48. The highest BCUT2D eigenvalue weighted by Crippen LogP contribution is 2.19. The molecule has 0 aliphatic carbocycles. The van der Waals surface area contributed by atoms with Crippen molar-refractivity contribution in [3.05, 3.63) is 59.4 Å². The van der Waals surface area contributed by atoms with Gasteiger partial charge in [-0.25, -0.2) is 9.78 Å². The highest BCUT2D eigenvalue weighted by atomic mass is 32.2. The minimum Gasteiger partial charge on any atom is -0.465 e. The van der Waals surface area contributed by atoms with Crippen LogP contribution in [0.15, 0.2) is 47.4 Å². The number of esters is 1. The van der Waals surface area contributed by atoms with E-state index >= 15 is 0 Å². The Morgan fingerprint density at radius 1 is 1.17 bits per heavy atom. The van der Waals surface area contributed by atoms with Crippen molar-refractivity contribution in [3.8, 4) is 0 Å². The van der Waals surface area contributed by atoms with Crippen LogP contribution in [0.3, 0.4) is 0 Å². The van der Waals surface area contributed by atoms with Crippen LogP contribution in [0.1, 0.15) is 21.7 Å². The molecular formula is C18H16N2O2S. The van der Waals surface area contributed by atoms with Crippen molar-refractivity contribution in [2.75, 3.05) is 13.4 Å². The van der Waals surface area contributed by atoms with Crippen molar-refractivity contribution in [1.82, 2.24) is 9.97 Å². The lowest BCUT2D eigenvalue weighted by Crippen LogP contribution is -2.01. The van der Waals surface area contributed by atoms with Gasteiger partial charge in [0, 0.05) is 4.90 Å². The number of fused-ring (bicyclic) bond motifs is 1. The molecule has 3 aromatic rings. The average Bonchev–Trinajstić information content (AvgIpc) is 3.02. The van der Waals surface area contributed by atoms with Crippen LogP contribution in [0.4, 0.5) is 0 Å². The van der Waals surface area contributed by atoms with Crippen molar-refractivity contribution >= 4 is 40.9 Å². The number of hydrogen-bond donors (Lipinski definition) is 1. The molecule has 0 aliphatic heterocycles. The van der Waals surface area contributed by atoms with Crippen molar-refractivity contribution in [2.24, 2.45) is 0 Å². The summed E-state index contributed by atoms with van der Waals surface area (Å²) in [5.41, 5.74) is 2.99. The highest BCUT2D eigenvalue weighted by Gasteiger charge is 2.12. The van der Waals surface area contributed by atoms with Crippen LogP contribution < -0.4 is 0 Å². The van der Waals surface area contributed by atoms with Gasteiger partial charge in [-0.3, -0.25) is 0 Å². The summed E-state index contributed by atoms with van der Waals surface area (Å²) in [5.74, 6) is 0.315. The van der Waals surface area contributed by atoms with Gasteiger partial charge in [0.05, 0.1) is 18.2 Å². The summed E-state index contributed by atoms with van der Waals surface area (Å²) in [6.07, 6.45) is 5.94. The molecule has 116 valence electrons. The SMILES string of the molecule is COC(=O)c1cccc2[nH]c(/C=C/c3ccc(SC)cc3)nc12. The maximum Gasteiger partial charge on any atom is 0.340 e. The van der Waals surface area contributed by atoms with E-state index in [-0.39, 0.29) is 5.97 Å². The van der Waals surface area contributed by atoms with E-state index in [4.69, 9.17) is 4.74 Å². The van der Waals surface area contributed by atoms with Crippen molar-refractivity contribution in [2.45, 2.75) is 4.90 Å². The third kappa shape index (κ3) is 3.29. The van der Waals surface area contributed by atoms with Gasteiger partial charge in [0.1, 0.15) is 11.3 Å². The van der Waals surface area contributed by atoms with Gasteiger partial charge in [-0.2, -0.15) is 0 Å². The van der Waals surface area contributed by atoms with Gasteiger partial charge in [0.25, 0.3) is 0 Å². The summed E-state index contributed by atoms with van der Waals surface area (Å²) < 4.78 is 4.79. The van der Waals surface area contributed by atoms with E-state index in [1.165, 1.54) is 12.0 Å². The Balaban J connectivity index is 1.91. The number of aromatic amines is 1. The molecule has 0 saturated heterocycles. The van der Waals surface area contributed by atoms with Crippen LogP contribution in [0.2, 0.25) is 0 Å². The number of aromatic nitrogens is 2. The molecule has 4 nitrogen and oxygen atoms in total. The summed E-state index contributed by atoms with van der Waals surface area (Å²) >= 11 is 1.71. The number of rotatable bonds is 4. The number of methoxy groups -OCH3 is 1. The zero-order valence-electron chi connectivity index (χ0n) is 12.9. The molecule has 0 fully saturated rings. The van der Waals surface area contributed by atoms with E-state index in [1.807, 2.05) is 18.2 Å². The zero-order chi connectivity index (χ0) is 16.2. The van der Waals surface area contributed by atoms with Gasteiger partial charge >= 0.3 is 5.97 Å². The van der Waals surface area contributed by atoms with Crippen LogP contribution in [-0.4, -0.2) is 29.3 Å². The molecule has 0 radical (unpaired) electrons. The molecule has 1 aromatic heterocycles. The van der Waals surface area contributed by atoms with E-state index < -0.39 is 0 Å². The molecule has 0 saturated carbocycles. The van der Waals surface area contributed by atoms with Crippen LogP contribution >= 0.6 is 11.8 Å². The van der Waals surface area contributed by atoms with Crippen LogP contribution in [0.5, 0.6) is 0 Å². The lowest BCUT2D eigenvalue weighted by molar-refractivity contribution is 0.0603. The molecule has 0 unspecified atom stereocenters. The summed E-state index contributed by atoms with van der Waals surface area (Å²) in [5, 5.41) is 0. The summed E-state index contributed by atoms with van der Waals surface area (Å²) in [4.78, 5) is 20.7. The first-order chi connectivity index (χ1) is 11.2. The van der Waals surface area contributed by atoms with E-state index in [2.05, 4.69) is 40.5 Å². The first-order valence-electron chi connectivity index (χ1n) is 7.10. The molecule has 0 bridgehead atoms. The van der Waals surface area contributed by atoms with Gasteiger partial charge < -0.3 is 9.72 Å². The molecule has 23 heavy (non-hydrogen) atoms. The number of nitrogens with zero attached hydrogens (tertiary/aromatic N) is 1.